The zero-order valence-corrected chi connectivity index (χ0v) is 9.83. The van der Waals surface area contributed by atoms with E-state index in [4.69, 9.17) is 9.47 Å². The maximum absolute atomic E-state index is 11.6. The minimum Gasteiger partial charge on any atom is -0.493 e. The summed E-state index contributed by atoms with van der Waals surface area (Å²) in [4.78, 5) is 18.5. The number of nitrogens with one attached hydrogen (secondary N) is 2. The van der Waals surface area contributed by atoms with E-state index in [0.29, 0.717) is 22.5 Å². The lowest BCUT2D eigenvalue weighted by atomic mass is 10.2. The third-order valence-electron chi connectivity index (χ3n) is 2.43. The summed E-state index contributed by atoms with van der Waals surface area (Å²) < 4.78 is 10.3. The molecule has 0 saturated heterocycles. The molecule has 2 aromatic rings. The van der Waals surface area contributed by atoms with Crippen LogP contribution in [0.15, 0.2) is 16.9 Å². The lowest BCUT2D eigenvalue weighted by molar-refractivity contribution is 0.355. The van der Waals surface area contributed by atoms with Crippen molar-refractivity contribution in [2.24, 2.45) is 0 Å². The lowest BCUT2D eigenvalue weighted by Gasteiger charge is -2.09. The van der Waals surface area contributed by atoms with Gasteiger partial charge in [0.15, 0.2) is 17.3 Å². The van der Waals surface area contributed by atoms with Crippen LogP contribution in [0.4, 0.5) is 5.82 Å². The Morgan fingerprint density at radius 3 is 2.47 bits per heavy atom. The fourth-order valence-corrected chi connectivity index (χ4v) is 1.58. The predicted octanol–water partition coefficient (Wildman–Crippen LogP) is 0.982. The van der Waals surface area contributed by atoms with Crippen molar-refractivity contribution in [3.05, 3.63) is 22.5 Å². The van der Waals surface area contributed by atoms with Gasteiger partial charge in [-0.2, -0.15) is 0 Å². The standard InChI is InChI=1S/C11H13N3O3/c1-12-10-11(15)14-7-5-9(17-3)8(16-2)4-6(7)13-10/h4-5H,1-3H3,(H,12,13)(H,14,15). The first-order valence-electron chi connectivity index (χ1n) is 5.03. The summed E-state index contributed by atoms with van der Waals surface area (Å²) >= 11 is 0. The van der Waals surface area contributed by atoms with Gasteiger partial charge in [0.2, 0.25) is 0 Å². The normalized spacial score (nSPS) is 10.3. The predicted molar refractivity (Wildman–Crippen MR) is 65.0 cm³/mol. The van der Waals surface area contributed by atoms with Gasteiger partial charge in [-0.3, -0.25) is 4.79 Å². The molecule has 90 valence electrons. The summed E-state index contributed by atoms with van der Waals surface area (Å²) in [6, 6.07) is 3.40. The Labute approximate surface area is 97.6 Å². The minimum atomic E-state index is -0.271. The van der Waals surface area contributed by atoms with Crippen LogP contribution in [0.3, 0.4) is 0 Å². The number of fused-ring (bicyclic) bond motifs is 1. The highest BCUT2D eigenvalue weighted by molar-refractivity contribution is 5.80. The second-order valence-corrected chi connectivity index (χ2v) is 3.39. The number of benzene rings is 1. The van der Waals surface area contributed by atoms with Crippen LogP contribution in [-0.2, 0) is 0 Å². The molecule has 0 radical (unpaired) electrons. The quantitative estimate of drug-likeness (QED) is 0.829. The van der Waals surface area contributed by atoms with Gasteiger partial charge in [0.05, 0.1) is 25.3 Å². The molecule has 0 atom stereocenters. The summed E-state index contributed by atoms with van der Waals surface area (Å²) in [6.45, 7) is 0. The molecule has 0 bridgehead atoms. The summed E-state index contributed by atoms with van der Waals surface area (Å²) in [5.74, 6) is 1.39. The molecule has 0 aliphatic heterocycles. The number of methoxy groups -OCH3 is 2. The molecule has 2 N–H and O–H groups in total. The van der Waals surface area contributed by atoms with Gasteiger partial charge in [-0.1, -0.05) is 0 Å². The molecular weight excluding hydrogens is 222 g/mol. The molecule has 2 rings (SSSR count). The third kappa shape index (κ3) is 1.89. The molecule has 1 heterocycles. The van der Waals surface area contributed by atoms with E-state index in [9.17, 15) is 4.79 Å². The first kappa shape index (κ1) is 11.3. The van der Waals surface area contributed by atoms with Crippen LogP contribution in [0, 0.1) is 0 Å². The second-order valence-electron chi connectivity index (χ2n) is 3.39. The Morgan fingerprint density at radius 2 is 1.88 bits per heavy atom. The van der Waals surface area contributed by atoms with Crippen LogP contribution < -0.4 is 20.3 Å². The van der Waals surface area contributed by atoms with Crippen molar-refractivity contribution in [3.8, 4) is 11.5 Å². The van der Waals surface area contributed by atoms with Crippen molar-refractivity contribution in [1.82, 2.24) is 9.97 Å². The monoisotopic (exact) mass is 235 g/mol. The van der Waals surface area contributed by atoms with Crippen molar-refractivity contribution < 1.29 is 9.47 Å². The molecule has 0 fully saturated rings. The van der Waals surface area contributed by atoms with Gasteiger partial charge in [0.25, 0.3) is 5.56 Å². The van der Waals surface area contributed by atoms with Crippen LogP contribution >= 0.6 is 0 Å². The highest BCUT2D eigenvalue weighted by Crippen LogP contribution is 2.30. The average Bonchev–Trinajstić information content (AvgIpc) is 2.36. The number of ether oxygens (including phenoxy) is 2. The summed E-state index contributed by atoms with van der Waals surface area (Å²) in [6.07, 6.45) is 0. The maximum Gasteiger partial charge on any atom is 0.291 e. The Balaban J connectivity index is 2.74. The molecule has 0 aliphatic rings. The second kappa shape index (κ2) is 4.32. The number of aromatic nitrogens is 2. The highest BCUT2D eigenvalue weighted by atomic mass is 16.5. The molecule has 17 heavy (non-hydrogen) atoms. The number of anilines is 1. The zero-order valence-electron chi connectivity index (χ0n) is 9.83. The van der Waals surface area contributed by atoms with Crippen LogP contribution in [0.25, 0.3) is 11.0 Å². The number of rotatable bonds is 3. The molecule has 1 aromatic heterocycles. The maximum atomic E-state index is 11.6. The molecule has 1 aromatic carbocycles. The third-order valence-corrected chi connectivity index (χ3v) is 2.43. The van der Waals surface area contributed by atoms with E-state index in [1.165, 1.54) is 7.11 Å². The van der Waals surface area contributed by atoms with Crippen LogP contribution in [0.5, 0.6) is 11.5 Å². The van der Waals surface area contributed by atoms with Gasteiger partial charge in [0.1, 0.15) is 0 Å². The number of hydrogen-bond donors (Lipinski definition) is 2. The van der Waals surface area contributed by atoms with E-state index in [2.05, 4.69) is 15.3 Å². The zero-order chi connectivity index (χ0) is 12.4. The first-order valence-corrected chi connectivity index (χ1v) is 5.03. The average molecular weight is 235 g/mol. The van der Waals surface area contributed by atoms with Crippen LogP contribution in [0.1, 0.15) is 0 Å². The van der Waals surface area contributed by atoms with Gasteiger partial charge in [-0.25, -0.2) is 4.98 Å². The molecule has 0 unspecified atom stereocenters. The summed E-state index contributed by atoms with van der Waals surface area (Å²) in [7, 11) is 4.73. The smallest absolute Gasteiger partial charge is 0.291 e. The van der Waals surface area contributed by atoms with Gasteiger partial charge >= 0.3 is 0 Å². The van der Waals surface area contributed by atoms with Crippen LogP contribution in [0.2, 0.25) is 0 Å². The van der Waals surface area contributed by atoms with Crippen LogP contribution in [-0.4, -0.2) is 31.2 Å². The summed E-state index contributed by atoms with van der Waals surface area (Å²) in [5, 5.41) is 2.73. The summed E-state index contributed by atoms with van der Waals surface area (Å²) in [5.41, 5.74) is 0.963. The lowest BCUT2D eigenvalue weighted by Crippen LogP contribution is -2.13. The van der Waals surface area contributed by atoms with E-state index in [1.54, 1.807) is 26.3 Å². The van der Waals surface area contributed by atoms with E-state index in [1.807, 2.05) is 0 Å². The van der Waals surface area contributed by atoms with Crippen molar-refractivity contribution in [2.45, 2.75) is 0 Å². The molecule has 0 aliphatic carbocycles. The fourth-order valence-electron chi connectivity index (χ4n) is 1.58. The molecule has 0 saturated carbocycles. The molecule has 6 heteroatoms. The van der Waals surface area contributed by atoms with E-state index in [0.717, 1.165) is 0 Å². The van der Waals surface area contributed by atoms with Crippen molar-refractivity contribution >= 4 is 16.9 Å². The highest BCUT2D eigenvalue weighted by Gasteiger charge is 2.09. The van der Waals surface area contributed by atoms with Gasteiger partial charge in [-0.15, -0.1) is 0 Å². The largest absolute Gasteiger partial charge is 0.493 e. The molecule has 0 spiro atoms. The molecular formula is C11H13N3O3. The van der Waals surface area contributed by atoms with E-state index in [-0.39, 0.29) is 11.4 Å². The number of nitrogens with zero attached hydrogens (tertiary/aromatic N) is 1. The van der Waals surface area contributed by atoms with Gasteiger partial charge in [-0.05, 0) is 0 Å². The number of H-pyrrole nitrogens is 1. The Bertz CT molecular complexity index is 607. The molecule has 6 nitrogen and oxygen atoms in total. The molecule has 0 amide bonds. The topological polar surface area (TPSA) is 76.2 Å². The van der Waals surface area contributed by atoms with Gasteiger partial charge in [0, 0.05) is 19.2 Å². The SMILES string of the molecule is CNc1nc2cc(OC)c(OC)cc2[nH]c1=O. The van der Waals surface area contributed by atoms with Gasteiger partial charge < -0.3 is 19.8 Å². The minimum absolute atomic E-state index is 0.268. The van der Waals surface area contributed by atoms with E-state index >= 15 is 0 Å². The Kier molecular flexibility index (Phi) is 2.86. The Hall–Kier alpha value is -2.24. The fraction of sp³-hybridized carbons (Fsp3) is 0.273. The first-order chi connectivity index (χ1) is 8.19. The van der Waals surface area contributed by atoms with Crippen molar-refractivity contribution in [1.29, 1.82) is 0 Å². The number of hydrogen-bond acceptors (Lipinski definition) is 5. The van der Waals surface area contributed by atoms with E-state index < -0.39 is 0 Å². The number of aromatic amines is 1. The Morgan fingerprint density at radius 1 is 1.24 bits per heavy atom. The van der Waals surface area contributed by atoms with Crippen molar-refractivity contribution in [3.63, 3.8) is 0 Å². The van der Waals surface area contributed by atoms with Crippen molar-refractivity contribution in [2.75, 3.05) is 26.6 Å².